The van der Waals surface area contributed by atoms with Crippen molar-refractivity contribution in [1.82, 2.24) is 15.5 Å². The zero-order valence-corrected chi connectivity index (χ0v) is 17.2. The normalized spacial score (nSPS) is 27.2. The Morgan fingerprint density at radius 1 is 1.04 bits per heavy atom. The van der Waals surface area contributed by atoms with E-state index in [-0.39, 0.29) is 29.9 Å². The fraction of sp³-hybridized carbons (Fsp3) is 0.636. The van der Waals surface area contributed by atoms with Crippen LogP contribution in [0.1, 0.15) is 44.7 Å². The molecule has 1 aromatic carbocycles. The Labute approximate surface area is 168 Å². The van der Waals surface area contributed by atoms with E-state index < -0.39 is 0 Å². The lowest BCUT2D eigenvalue weighted by molar-refractivity contribution is -0.123. The summed E-state index contributed by atoms with van der Waals surface area (Å²) in [6.07, 6.45) is 1.84. The number of amides is 2. The third-order valence-corrected chi connectivity index (χ3v) is 5.51. The highest BCUT2D eigenvalue weighted by atomic mass is 16.5. The average Bonchev–Trinajstić information content (AvgIpc) is 3.37. The Hall–Kier alpha value is -1.92. The number of nitrogens with one attached hydrogen (secondary N) is 2. The summed E-state index contributed by atoms with van der Waals surface area (Å²) >= 11 is 0. The highest BCUT2D eigenvalue weighted by Crippen LogP contribution is 2.37. The number of morpholine rings is 1. The third kappa shape index (κ3) is 6.31. The number of carbonyl (C=O) groups is 2. The molecule has 154 valence electrons. The molecule has 2 fully saturated rings. The molecule has 3 rings (SSSR count). The van der Waals surface area contributed by atoms with Crippen molar-refractivity contribution in [3.05, 3.63) is 35.4 Å². The first-order valence-electron chi connectivity index (χ1n) is 10.4. The third-order valence-electron chi connectivity index (χ3n) is 5.51. The number of ether oxygens (including phenoxy) is 1. The maximum Gasteiger partial charge on any atom is 0.223 e. The summed E-state index contributed by atoms with van der Waals surface area (Å²) in [5.41, 5.74) is 2.35. The van der Waals surface area contributed by atoms with Crippen LogP contribution in [0.2, 0.25) is 0 Å². The van der Waals surface area contributed by atoms with Crippen LogP contribution in [0.4, 0.5) is 0 Å². The minimum Gasteiger partial charge on any atom is -0.373 e. The van der Waals surface area contributed by atoms with E-state index in [0.29, 0.717) is 25.4 Å². The summed E-state index contributed by atoms with van der Waals surface area (Å²) in [5, 5.41) is 5.76. The van der Waals surface area contributed by atoms with Crippen LogP contribution in [0.3, 0.4) is 0 Å². The molecule has 1 aromatic rings. The van der Waals surface area contributed by atoms with E-state index in [0.717, 1.165) is 31.6 Å². The lowest BCUT2D eigenvalue weighted by Gasteiger charge is -2.35. The smallest absolute Gasteiger partial charge is 0.223 e. The van der Waals surface area contributed by atoms with Gasteiger partial charge in [-0.25, -0.2) is 0 Å². The molecule has 1 saturated carbocycles. The average molecular weight is 388 g/mol. The molecule has 1 heterocycles. The molecule has 28 heavy (non-hydrogen) atoms. The second kappa shape index (κ2) is 9.52. The highest BCUT2D eigenvalue weighted by molar-refractivity contribution is 5.82. The maximum atomic E-state index is 12.0. The Morgan fingerprint density at radius 2 is 1.64 bits per heavy atom. The monoisotopic (exact) mass is 387 g/mol. The fourth-order valence-electron chi connectivity index (χ4n) is 3.84. The summed E-state index contributed by atoms with van der Waals surface area (Å²) < 4.78 is 5.78. The molecule has 0 spiro atoms. The van der Waals surface area contributed by atoms with Crippen molar-refractivity contribution in [2.24, 2.45) is 11.8 Å². The van der Waals surface area contributed by atoms with E-state index in [1.165, 1.54) is 5.56 Å². The molecule has 6 heteroatoms. The molecule has 0 aromatic heterocycles. The summed E-state index contributed by atoms with van der Waals surface area (Å²) in [4.78, 5) is 26.1. The maximum absolute atomic E-state index is 12.0. The molecule has 1 aliphatic heterocycles. The fourth-order valence-corrected chi connectivity index (χ4v) is 3.84. The predicted molar refractivity (Wildman–Crippen MR) is 108 cm³/mol. The van der Waals surface area contributed by atoms with Gasteiger partial charge in [-0.1, -0.05) is 31.2 Å². The van der Waals surface area contributed by atoms with Gasteiger partial charge in [0, 0.05) is 45.1 Å². The molecule has 2 amide bonds. The van der Waals surface area contributed by atoms with Crippen LogP contribution in [-0.4, -0.2) is 48.6 Å². The van der Waals surface area contributed by atoms with Crippen LogP contribution in [-0.2, 0) is 27.4 Å². The van der Waals surface area contributed by atoms with Gasteiger partial charge in [0.1, 0.15) is 0 Å². The largest absolute Gasteiger partial charge is 0.373 e. The van der Waals surface area contributed by atoms with Gasteiger partial charge in [0.15, 0.2) is 0 Å². The molecule has 2 N–H and O–H groups in total. The zero-order valence-electron chi connectivity index (χ0n) is 17.2. The molecular formula is C22H33N3O3. The van der Waals surface area contributed by atoms with Crippen LogP contribution in [0.5, 0.6) is 0 Å². The van der Waals surface area contributed by atoms with E-state index >= 15 is 0 Å². The Morgan fingerprint density at radius 3 is 2.25 bits per heavy atom. The van der Waals surface area contributed by atoms with Gasteiger partial charge in [-0.05, 0) is 37.3 Å². The topological polar surface area (TPSA) is 70.7 Å². The molecule has 0 bridgehead atoms. The first kappa shape index (κ1) is 20.8. The van der Waals surface area contributed by atoms with Crippen LogP contribution >= 0.6 is 0 Å². The molecule has 2 aliphatic rings. The number of hydrogen-bond acceptors (Lipinski definition) is 4. The first-order chi connectivity index (χ1) is 13.4. The molecule has 0 radical (unpaired) electrons. The van der Waals surface area contributed by atoms with Crippen molar-refractivity contribution in [3.8, 4) is 0 Å². The van der Waals surface area contributed by atoms with Gasteiger partial charge >= 0.3 is 0 Å². The Kier molecular flexibility index (Phi) is 7.08. The minimum absolute atomic E-state index is 0.0375. The van der Waals surface area contributed by atoms with Gasteiger partial charge in [-0.2, -0.15) is 0 Å². The van der Waals surface area contributed by atoms with Crippen molar-refractivity contribution in [3.63, 3.8) is 0 Å². The molecule has 6 nitrogen and oxygen atoms in total. The lowest BCUT2D eigenvalue weighted by Crippen LogP contribution is -2.44. The number of carbonyl (C=O) groups excluding carboxylic acids is 2. The predicted octanol–water partition coefficient (Wildman–Crippen LogP) is 2.07. The van der Waals surface area contributed by atoms with Gasteiger partial charge in [0.05, 0.1) is 12.2 Å². The van der Waals surface area contributed by atoms with Crippen molar-refractivity contribution in [1.29, 1.82) is 0 Å². The number of rotatable bonds is 8. The van der Waals surface area contributed by atoms with E-state index in [2.05, 4.69) is 60.6 Å². The van der Waals surface area contributed by atoms with Crippen molar-refractivity contribution < 1.29 is 14.3 Å². The second-order valence-corrected chi connectivity index (χ2v) is 8.41. The Balaban J connectivity index is 1.34. The van der Waals surface area contributed by atoms with Crippen molar-refractivity contribution >= 4 is 11.8 Å². The van der Waals surface area contributed by atoms with Crippen LogP contribution < -0.4 is 10.6 Å². The molecule has 4 atom stereocenters. The van der Waals surface area contributed by atoms with E-state index in [4.69, 9.17) is 4.74 Å². The lowest BCUT2D eigenvalue weighted by atomic mass is 10.1. The summed E-state index contributed by atoms with van der Waals surface area (Å²) in [6, 6.07) is 8.39. The Bertz CT molecular complexity index is 666. The van der Waals surface area contributed by atoms with Crippen molar-refractivity contribution in [2.75, 3.05) is 19.6 Å². The number of hydrogen-bond donors (Lipinski definition) is 2. The van der Waals surface area contributed by atoms with Gasteiger partial charge in [-0.3, -0.25) is 14.5 Å². The molecule has 4 unspecified atom stereocenters. The van der Waals surface area contributed by atoms with Crippen LogP contribution in [0, 0.1) is 11.8 Å². The SMILES string of the molecule is CC1CN(Cc2ccc(CNC(=O)CCNC(=O)C3CC3C)cc2)CC(C)O1. The van der Waals surface area contributed by atoms with Gasteiger partial charge in [0.2, 0.25) is 11.8 Å². The van der Waals surface area contributed by atoms with Crippen LogP contribution in [0.15, 0.2) is 24.3 Å². The van der Waals surface area contributed by atoms with E-state index in [9.17, 15) is 9.59 Å². The van der Waals surface area contributed by atoms with E-state index in [1.54, 1.807) is 0 Å². The van der Waals surface area contributed by atoms with E-state index in [1.807, 2.05) is 0 Å². The van der Waals surface area contributed by atoms with Gasteiger partial charge in [-0.15, -0.1) is 0 Å². The highest BCUT2D eigenvalue weighted by Gasteiger charge is 2.38. The van der Waals surface area contributed by atoms with Gasteiger partial charge < -0.3 is 15.4 Å². The molecule has 1 aliphatic carbocycles. The second-order valence-electron chi connectivity index (χ2n) is 8.41. The molecule has 1 saturated heterocycles. The number of benzene rings is 1. The molecular weight excluding hydrogens is 354 g/mol. The summed E-state index contributed by atoms with van der Waals surface area (Å²) in [5.74, 6) is 0.696. The van der Waals surface area contributed by atoms with Crippen molar-refractivity contribution in [2.45, 2.75) is 58.9 Å². The quantitative estimate of drug-likeness (QED) is 0.716. The van der Waals surface area contributed by atoms with Crippen LogP contribution in [0.25, 0.3) is 0 Å². The standard InChI is InChI=1S/C22H33N3O3/c1-15-10-20(15)22(27)23-9-8-21(26)24-11-18-4-6-19(7-5-18)14-25-12-16(2)28-17(3)13-25/h4-7,15-17,20H,8-14H2,1-3H3,(H,23,27)(H,24,26). The summed E-state index contributed by atoms with van der Waals surface area (Å²) in [7, 11) is 0. The minimum atomic E-state index is -0.0375. The summed E-state index contributed by atoms with van der Waals surface area (Å²) in [6.45, 7) is 10.1. The first-order valence-corrected chi connectivity index (χ1v) is 10.4. The van der Waals surface area contributed by atoms with Gasteiger partial charge in [0.25, 0.3) is 0 Å². The number of nitrogens with zero attached hydrogens (tertiary/aromatic N) is 1. The zero-order chi connectivity index (χ0) is 20.1.